The van der Waals surface area contributed by atoms with E-state index in [1.54, 1.807) is 0 Å². The molecule has 0 atom stereocenters. The van der Waals surface area contributed by atoms with Crippen LogP contribution in [-0.4, -0.2) is 9.97 Å². The lowest BCUT2D eigenvalue weighted by molar-refractivity contribution is 0.629. The smallest absolute Gasteiger partial charge is 0.160 e. The van der Waals surface area contributed by atoms with Gasteiger partial charge in [0, 0.05) is 38.6 Å². The van der Waals surface area contributed by atoms with Gasteiger partial charge >= 0.3 is 0 Å². The third-order valence-electron chi connectivity index (χ3n) is 10.4. The number of fused-ring (bicyclic) bond motifs is 9. The quantitative estimate of drug-likeness (QED) is 0.189. The number of rotatable bonds is 4. The Morgan fingerprint density at radius 3 is 1.78 bits per heavy atom. The van der Waals surface area contributed by atoms with E-state index in [1.165, 1.54) is 21.9 Å². The zero-order valence-electron chi connectivity index (χ0n) is 28.3. The Kier molecular flexibility index (Phi) is 6.49. The molecule has 0 unspecified atom stereocenters. The van der Waals surface area contributed by atoms with Crippen molar-refractivity contribution in [1.29, 1.82) is 0 Å². The minimum atomic E-state index is -0.283. The number of hydrogen-bond acceptors (Lipinski definition) is 4. The van der Waals surface area contributed by atoms with Gasteiger partial charge in [0.1, 0.15) is 5.58 Å². The zero-order chi connectivity index (χ0) is 34.1. The van der Waals surface area contributed by atoms with Crippen molar-refractivity contribution in [3.63, 3.8) is 0 Å². The van der Waals surface area contributed by atoms with Gasteiger partial charge in [-0.1, -0.05) is 135 Å². The SMILES string of the molecule is CC1(C)c2ccccc2N(c2ccc(-c3nc(-c4ccccc4)cc(-c4ccccc4)n3)cc2)c2c1c1ccccc1c1c2oc2ccccc21. The van der Waals surface area contributed by atoms with E-state index in [2.05, 4.69) is 140 Å². The maximum Gasteiger partial charge on any atom is 0.160 e. The first-order valence-electron chi connectivity index (χ1n) is 17.4. The molecule has 1 aliphatic heterocycles. The van der Waals surface area contributed by atoms with E-state index >= 15 is 0 Å². The van der Waals surface area contributed by atoms with Gasteiger partial charge in [-0.2, -0.15) is 0 Å². The van der Waals surface area contributed by atoms with E-state index in [9.17, 15) is 0 Å². The molecule has 0 saturated carbocycles. The second-order valence-electron chi connectivity index (χ2n) is 13.8. The Morgan fingerprint density at radius 1 is 0.529 bits per heavy atom. The van der Waals surface area contributed by atoms with E-state index < -0.39 is 0 Å². The first-order valence-corrected chi connectivity index (χ1v) is 17.4. The third-order valence-corrected chi connectivity index (χ3v) is 10.4. The standard InChI is InChI=1S/C47H33N3O/c1-47(2)37-22-12-13-23-40(37)50(44-43(47)35-20-10-9-19-34(35)42-36-21-11-14-24-41(36)51-45(42)44)33-27-25-32(26-28-33)46-48-38(30-15-5-3-6-16-30)29-39(49-46)31-17-7-4-8-18-31/h3-29H,1-2H3. The molecule has 4 nitrogen and oxygen atoms in total. The molecule has 0 aliphatic carbocycles. The molecule has 0 N–H and O–H groups in total. The van der Waals surface area contributed by atoms with Crippen molar-refractivity contribution < 1.29 is 4.42 Å². The fraction of sp³-hybridized carbons (Fsp3) is 0.0638. The van der Waals surface area contributed by atoms with Crippen LogP contribution in [0.2, 0.25) is 0 Å². The highest BCUT2D eigenvalue weighted by molar-refractivity contribution is 6.25. The molecular weight excluding hydrogens is 623 g/mol. The highest BCUT2D eigenvalue weighted by atomic mass is 16.3. The van der Waals surface area contributed by atoms with Gasteiger partial charge in [0.2, 0.25) is 0 Å². The van der Waals surface area contributed by atoms with Gasteiger partial charge in [-0.15, -0.1) is 0 Å². The molecule has 10 rings (SSSR count). The van der Waals surface area contributed by atoms with Crippen molar-refractivity contribution in [3.8, 4) is 33.9 Å². The summed E-state index contributed by atoms with van der Waals surface area (Å²) in [5.41, 5.74) is 12.2. The molecule has 0 amide bonds. The van der Waals surface area contributed by atoms with E-state index in [4.69, 9.17) is 14.4 Å². The molecule has 2 aromatic heterocycles. The maximum absolute atomic E-state index is 6.86. The van der Waals surface area contributed by atoms with Crippen molar-refractivity contribution in [2.24, 2.45) is 0 Å². The van der Waals surface area contributed by atoms with Gasteiger partial charge in [-0.25, -0.2) is 9.97 Å². The summed E-state index contributed by atoms with van der Waals surface area (Å²) in [4.78, 5) is 12.6. The van der Waals surface area contributed by atoms with Gasteiger partial charge in [0.25, 0.3) is 0 Å². The lowest BCUT2D eigenvalue weighted by atomic mass is 9.71. The summed E-state index contributed by atoms with van der Waals surface area (Å²) >= 11 is 0. The number of anilines is 3. The Hall–Kier alpha value is -6.52. The molecule has 0 bridgehead atoms. The predicted octanol–water partition coefficient (Wildman–Crippen LogP) is 12.6. The molecule has 0 fully saturated rings. The van der Waals surface area contributed by atoms with Crippen LogP contribution >= 0.6 is 0 Å². The summed E-state index contributed by atoms with van der Waals surface area (Å²) in [6, 6.07) is 57.4. The Balaban J connectivity index is 1.20. The highest BCUT2D eigenvalue weighted by Crippen LogP contribution is 2.57. The zero-order valence-corrected chi connectivity index (χ0v) is 28.3. The van der Waals surface area contributed by atoms with Crippen molar-refractivity contribution >= 4 is 49.8 Å². The second kappa shape index (κ2) is 11.3. The monoisotopic (exact) mass is 655 g/mol. The Labute approximate surface area is 296 Å². The fourth-order valence-electron chi connectivity index (χ4n) is 8.06. The molecule has 0 radical (unpaired) electrons. The molecule has 7 aromatic carbocycles. The third kappa shape index (κ3) is 4.53. The average molecular weight is 656 g/mol. The Morgan fingerprint density at radius 2 is 1.10 bits per heavy atom. The fourth-order valence-corrected chi connectivity index (χ4v) is 8.06. The van der Waals surface area contributed by atoms with Crippen LogP contribution in [-0.2, 0) is 5.41 Å². The molecule has 4 heteroatoms. The van der Waals surface area contributed by atoms with Gasteiger partial charge in [0.05, 0.1) is 22.8 Å². The molecule has 9 aromatic rings. The number of hydrogen-bond donors (Lipinski definition) is 0. The predicted molar refractivity (Wildman–Crippen MR) is 210 cm³/mol. The van der Waals surface area contributed by atoms with Crippen LogP contribution in [0.1, 0.15) is 25.0 Å². The van der Waals surface area contributed by atoms with E-state index in [-0.39, 0.29) is 5.41 Å². The Bertz CT molecular complexity index is 2710. The van der Waals surface area contributed by atoms with Gasteiger partial charge in [0.15, 0.2) is 11.4 Å². The molecule has 0 saturated heterocycles. The number of benzene rings is 7. The highest BCUT2D eigenvalue weighted by Gasteiger charge is 2.41. The van der Waals surface area contributed by atoms with Crippen molar-refractivity contribution in [2.45, 2.75) is 19.3 Å². The van der Waals surface area contributed by atoms with Crippen molar-refractivity contribution in [2.75, 3.05) is 4.90 Å². The van der Waals surface area contributed by atoms with Gasteiger partial charge < -0.3 is 9.32 Å². The number of aromatic nitrogens is 2. The van der Waals surface area contributed by atoms with Crippen LogP contribution < -0.4 is 4.90 Å². The maximum atomic E-state index is 6.86. The lowest BCUT2D eigenvalue weighted by Crippen LogP contribution is -2.31. The number of nitrogens with zero attached hydrogens (tertiary/aromatic N) is 3. The summed E-state index contributed by atoms with van der Waals surface area (Å²) in [6.45, 7) is 4.68. The summed E-state index contributed by atoms with van der Waals surface area (Å²) in [5, 5.41) is 4.73. The van der Waals surface area contributed by atoms with E-state index in [0.29, 0.717) is 5.82 Å². The van der Waals surface area contributed by atoms with Crippen LogP contribution in [0, 0.1) is 0 Å². The first-order chi connectivity index (χ1) is 25.1. The first kappa shape index (κ1) is 29.4. The van der Waals surface area contributed by atoms with Crippen LogP contribution in [0.5, 0.6) is 0 Å². The minimum Gasteiger partial charge on any atom is -0.454 e. The molecule has 51 heavy (non-hydrogen) atoms. The topological polar surface area (TPSA) is 42.2 Å². The molecule has 0 spiro atoms. The number of furan rings is 1. The largest absolute Gasteiger partial charge is 0.454 e. The van der Waals surface area contributed by atoms with Gasteiger partial charge in [-0.3, -0.25) is 0 Å². The average Bonchev–Trinajstić information content (AvgIpc) is 3.59. The molecule has 1 aliphatic rings. The van der Waals surface area contributed by atoms with E-state index in [1.807, 2.05) is 42.5 Å². The second-order valence-corrected chi connectivity index (χ2v) is 13.8. The molecular formula is C47H33N3O. The normalized spacial score (nSPS) is 13.4. The van der Waals surface area contributed by atoms with Crippen LogP contribution in [0.25, 0.3) is 66.6 Å². The van der Waals surface area contributed by atoms with Crippen molar-refractivity contribution in [1.82, 2.24) is 9.97 Å². The number of para-hydroxylation sites is 2. The summed E-state index contributed by atoms with van der Waals surface area (Å²) in [6.07, 6.45) is 0. The van der Waals surface area contributed by atoms with Crippen LogP contribution in [0.3, 0.4) is 0 Å². The summed E-state index contributed by atoms with van der Waals surface area (Å²) < 4.78 is 6.86. The van der Waals surface area contributed by atoms with Crippen molar-refractivity contribution in [3.05, 3.63) is 175 Å². The molecule has 3 heterocycles. The molecule has 242 valence electrons. The van der Waals surface area contributed by atoms with Crippen LogP contribution in [0.15, 0.2) is 168 Å². The minimum absolute atomic E-state index is 0.283. The van der Waals surface area contributed by atoms with Crippen LogP contribution in [0.4, 0.5) is 17.1 Å². The van der Waals surface area contributed by atoms with E-state index in [0.717, 1.165) is 67.1 Å². The van der Waals surface area contributed by atoms with Gasteiger partial charge in [-0.05, 0) is 64.4 Å². The lowest BCUT2D eigenvalue weighted by Gasteiger charge is -2.42. The summed E-state index contributed by atoms with van der Waals surface area (Å²) in [5.74, 6) is 0.688. The summed E-state index contributed by atoms with van der Waals surface area (Å²) in [7, 11) is 0.